The maximum absolute atomic E-state index is 3.70. The number of thiophene rings is 1. The van der Waals surface area contributed by atoms with E-state index in [2.05, 4.69) is 32.8 Å². The van der Waals surface area contributed by atoms with Crippen molar-refractivity contribution in [3.05, 3.63) is 22.4 Å². The van der Waals surface area contributed by atoms with Crippen LogP contribution in [0.4, 0.5) is 0 Å². The van der Waals surface area contributed by atoms with Gasteiger partial charge in [-0.2, -0.15) is 11.3 Å². The minimum Gasteiger partial charge on any atom is -0.152 e. The Morgan fingerprint density at radius 2 is 2.14 bits per heavy atom. The van der Waals surface area contributed by atoms with Crippen LogP contribution in [0.1, 0.15) is 37.7 Å². The van der Waals surface area contributed by atoms with Crippen LogP contribution in [0, 0.1) is 5.41 Å². The number of alkyl halides is 1. The van der Waals surface area contributed by atoms with Gasteiger partial charge >= 0.3 is 0 Å². The van der Waals surface area contributed by atoms with E-state index in [-0.39, 0.29) is 0 Å². The van der Waals surface area contributed by atoms with Crippen molar-refractivity contribution in [1.29, 1.82) is 0 Å². The molecule has 1 aromatic heterocycles. The maximum Gasteiger partial charge on any atom is 0.00880 e. The van der Waals surface area contributed by atoms with Crippen LogP contribution in [0.5, 0.6) is 0 Å². The number of rotatable bonds is 4. The molecular formula is C12H17BrS. The Morgan fingerprint density at radius 1 is 1.36 bits per heavy atom. The highest BCUT2D eigenvalue weighted by Gasteiger charge is 2.31. The molecule has 0 unspecified atom stereocenters. The Morgan fingerprint density at radius 3 is 2.71 bits per heavy atom. The summed E-state index contributed by atoms with van der Waals surface area (Å²) in [5, 5.41) is 5.67. The average Bonchev–Trinajstić information content (AvgIpc) is 2.87. The van der Waals surface area contributed by atoms with Gasteiger partial charge in [-0.25, -0.2) is 0 Å². The van der Waals surface area contributed by atoms with Crippen molar-refractivity contribution in [3.63, 3.8) is 0 Å². The second kappa shape index (κ2) is 4.80. The summed E-state index contributed by atoms with van der Waals surface area (Å²) in [6, 6.07) is 2.27. The normalized spacial score (nSPS) is 20.1. The predicted octanol–water partition coefficient (Wildman–Crippen LogP) is 4.64. The molecule has 0 nitrogen and oxygen atoms in total. The van der Waals surface area contributed by atoms with Gasteiger partial charge in [0, 0.05) is 5.33 Å². The zero-order chi connectivity index (χ0) is 9.86. The van der Waals surface area contributed by atoms with Crippen LogP contribution in [0.3, 0.4) is 0 Å². The zero-order valence-electron chi connectivity index (χ0n) is 8.47. The van der Waals surface area contributed by atoms with E-state index in [0.29, 0.717) is 5.41 Å². The van der Waals surface area contributed by atoms with Crippen molar-refractivity contribution in [3.8, 4) is 0 Å². The fourth-order valence-corrected chi connectivity index (χ4v) is 3.96. The third-order valence-corrected chi connectivity index (χ3v) is 5.39. The van der Waals surface area contributed by atoms with Gasteiger partial charge in [-0.1, -0.05) is 28.8 Å². The Labute approximate surface area is 98.9 Å². The molecule has 0 saturated heterocycles. The molecule has 0 radical (unpaired) electrons. The first-order chi connectivity index (χ1) is 6.85. The van der Waals surface area contributed by atoms with Crippen molar-refractivity contribution in [2.45, 2.75) is 38.5 Å². The minimum absolute atomic E-state index is 0.627. The summed E-state index contributed by atoms with van der Waals surface area (Å²) in [6.07, 6.45) is 8.39. The molecule has 2 heteroatoms. The van der Waals surface area contributed by atoms with Gasteiger partial charge in [-0.3, -0.25) is 0 Å². The topological polar surface area (TPSA) is 0 Å². The van der Waals surface area contributed by atoms with E-state index in [1.165, 1.54) is 49.4 Å². The lowest BCUT2D eigenvalue weighted by Crippen LogP contribution is -2.18. The van der Waals surface area contributed by atoms with Crippen LogP contribution < -0.4 is 0 Å². The molecule has 0 atom stereocenters. The second-order valence-electron chi connectivity index (χ2n) is 4.47. The molecule has 0 aromatic carbocycles. The van der Waals surface area contributed by atoms with Gasteiger partial charge in [0.2, 0.25) is 0 Å². The fraction of sp³-hybridized carbons (Fsp3) is 0.667. The summed E-state index contributed by atoms with van der Waals surface area (Å²) >= 11 is 5.52. The van der Waals surface area contributed by atoms with Crippen molar-refractivity contribution in [2.24, 2.45) is 5.41 Å². The summed E-state index contributed by atoms with van der Waals surface area (Å²) in [5.74, 6) is 0. The van der Waals surface area contributed by atoms with E-state index < -0.39 is 0 Å². The Balaban J connectivity index is 1.89. The summed E-state index contributed by atoms with van der Waals surface area (Å²) in [4.78, 5) is 0. The molecule has 1 saturated carbocycles. The van der Waals surface area contributed by atoms with Crippen LogP contribution in [0.15, 0.2) is 16.8 Å². The van der Waals surface area contributed by atoms with E-state index >= 15 is 0 Å². The molecule has 0 N–H and O–H groups in total. The van der Waals surface area contributed by atoms with Crippen LogP contribution >= 0.6 is 27.3 Å². The molecule has 1 fully saturated rings. The molecule has 0 aliphatic heterocycles. The maximum atomic E-state index is 3.70. The van der Waals surface area contributed by atoms with Gasteiger partial charge in [-0.05, 0) is 53.5 Å². The highest BCUT2D eigenvalue weighted by Crippen LogP contribution is 2.43. The number of hydrogen-bond donors (Lipinski definition) is 0. The molecule has 2 rings (SSSR count). The van der Waals surface area contributed by atoms with E-state index in [0.717, 1.165) is 0 Å². The monoisotopic (exact) mass is 272 g/mol. The van der Waals surface area contributed by atoms with E-state index in [1.807, 2.05) is 11.3 Å². The number of hydrogen-bond acceptors (Lipinski definition) is 1. The lowest BCUT2D eigenvalue weighted by molar-refractivity contribution is 0.320. The Kier molecular flexibility index (Phi) is 3.67. The van der Waals surface area contributed by atoms with Gasteiger partial charge in [0.15, 0.2) is 0 Å². The molecule has 0 amide bonds. The van der Waals surface area contributed by atoms with Crippen molar-refractivity contribution in [2.75, 3.05) is 5.33 Å². The summed E-state index contributed by atoms with van der Waals surface area (Å²) in [7, 11) is 0. The SMILES string of the molecule is BrCC1(CCc2ccsc2)CCCC1. The lowest BCUT2D eigenvalue weighted by atomic mass is 9.83. The fourth-order valence-electron chi connectivity index (χ4n) is 2.42. The third-order valence-electron chi connectivity index (χ3n) is 3.47. The summed E-state index contributed by atoms with van der Waals surface area (Å²) in [6.45, 7) is 0. The Bertz CT molecular complexity index is 260. The molecule has 78 valence electrons. The molecule has 14 heavy (non-hydrogen) atoms. The highest BCUT2D eigenvalue weighted by atomic mass is 79.9. The smallest absolute Gasteiger partial charge is 0.00880 e. The van der Waals surface area contributed by atoms with E-state index in [4.69, 9.17) is 0 Å². The first-order valence-electron chi connectivity index (χ1n) is 5.42. The van der Waals surface area contributed by atoms with Gasteiger partial charge in [-0.15, -0.1) is 0 Å². The van der Waals surface area contributed by atoms with Crippen LogP contribution in [0.2, 0.25) is 0 Å². The van der Waals surface area contributed by atoms with E-state index in [1.54, 1.807) is 0 Å². The first kappa shape index (κ1) is 10.7. The molecule has 1 aliphatic carbocycles. The van der Waals surface area contributed by atoms with Crippen LogP contribution in [-0.4, -0.2) is 5.33 Å². The third kappa shape index (κ3) is 2.40. The molecule has 1 aromatic rings. The standard InChI is InChI=1S/C12H17BrS/c13-10-12(5-1-2-6-12)7-3-11-4-8-14-9-11/h4,8-9H,1-3,5-7,10H2. The second-order valence-corrected chi connectivity index (χ2v) is 5.81. The zero-order valence-corrected chi connectivity index (χ0v) is 10.9. The van der Waals surface area contributed by atoms with E-state index in [9.17, 15) is 0 Å². The van der Waals surface area contributed by atoms with Crippen LogP contribution in [0.25, 0.3) is 0 Å². The largest absolute Gasteiger partial charge is 0.152 e. The van der Waals surface area contributed by atoms with Gasteiger partial charge < -0.3 is 0 Å². The minimum atomic E-state index is 0.627. The number of halogens is 1. The Hall–Kier alpha value is 0.180. The quantitative estimate of drug-likeness (QED) is 0.701. The molecule has 0 spiro atoms. The van der Waals surface area contributed by atoms with Gasteiger partial charge in [0.05, 0.1) is 0 Å². The lowest BCUT2D eigenvalue weighted by Gasteiger charge is -2.26. The summed E-state index contributed by atoms with van der Waals surface area (Å²) in [5.41, 5.74) is 2.16. The highest BCUT2D eigenvalue weighted by molar-refractivity contribution is 9.09. The van der Waals surface area contributed by atoms with Crippen molar-refractivity contribution in [1.82, 2.24) is 0 Å². The molecule has 1 heterocycles. The number of aryl methyl sites for hydroxylation is 1. The molecule has 1 aliphatic rings. The average molecular weight is 273 g/mol. The molecule has 0 bridgehead atoms. The van der Waals surface area contributed by atoms with Gasteiger partial charge in [0.25, 0.3) is 0 Å². The predicted molar refractivity (Wildman–Crippen MR) is 67.3 cm³/mol. The summed E-state index contributed by atoms with van der Waals surface area (Å²) < 4.78 is 0. The van der Waals surface area contributed by atoms with Crippen LogP contribution in [-0.2, 0) is 6.42 Å². The molecular weight excluding hydrogens is 256 g/mol. The van der Waals surface area contributed by atoms with Gasteiger partial charge in [0.1, 0.15) is 0 Å². The van der Waals surface area contributed by atoms with Crippen molar-refractivity contribution < 1.29 is 0 Å². The first-order valence-corrected chi connectivity index (χ1v) is 7.48. The van der Waals surface area contributed by atoms with Crippen molar-refractivity contribution >= 4 is 27.3 Å².